The smallest absolute Gasteiger partial charge is 0.172 e. The number of fused-ring (bicyclic) bond motifs is 7. The molecule has 0 fully saturated rings. The molecular formula is C26H17OP. The highest BCUT2D eigenvalue weighted by atomic mass is 31.2. The summed E-state index contributed by atoms with van der Waals surface area (Å²) in [6.45, 7) is 0. The summed E-state index contributed by atoms with van der Waals surface area (Å²) in [6.07, 6.45) is 0. The summed E-state index contributed by atoms with van der Waals surface area (Å²) in [4.78, 5) is 0. The molecule has 0 aromatic heterocycles. The van der Waals surface area contributed by atoms with Gasteiger partial charge in [-0.25, -0.2) is 0 Å². The van der Waals surface area contributed by atoms with Crippen LogP contribution in [0.4, 0.5) is 0 Å². The Morgan fingerprint density at radius 1 is 0.464 bits per heavy atom. The van der Waals surface area contributed by atoms with Gasteiger partial charge in [-0.15, -0.1) is 0 Å². The van der Waals surface area contributed by atoms with E-state index in [2.05, 4.69) is 72.8 Å². The summed E-state index contributed by atoms with van der Waals surface area (Å²) in [5.74, 6) is 0. The highest BCUT2D eigenvalue weighted by molar-refractivity contribution is 7.86. The normalized spacial score (nSPS) is 14.1. The van der Waals surface area contributed by atoms with E-state index in [-0.39, 0.29) is 0 Å². The maximum atomic E-state index is 14.7. The lowest BCUT2D eigenvalue weighted by molar-refractivity contribution is 0.593. The van der Waals surface area contributed by atoms with Gasteiger partial charge in [0.25, 0.3) is 0 Å². The summed E-state index contributed by atoms with van der Waals surface area (Å²) in [6, 6.07) is 35.2. The second-order valence-electron chi connectivity index (χ2n) is 7.31. The van der Waals surface area contributed by atoms with Gasteiger partial charge >= 0.3 is 0 Å². The van der Waals surface area contributed by atoms with E-state index in [1.54, 1.807) is 0 Å². The Kier molecular flexibility index (Phi) is 3.21. The number of benzene rings is 5. The first kappa shape index (κ1) is 15.9. The first-order valence-corrected chi connectivity index (χ1v) is 11.2. The molecule has 6 rings (SSSR count). The molecule has 0 aliphatic carbocycles. The summed E-state index contributed by atoms with van der Waals surface area (Å²) in [5.41, 5.74) is 2.27. The first-order valence-electron chi connectivity index (χ1n) is 9.49. The van der Waals surface area contributed by atoms with Crippen LogP contribution in [0.15, 0.2) is 103 Å². The molecule has 0 unspecified atom stereocenters. The molecular weight excluding hydrogens is 359 g/mol. The zero-order chi connectivity index (χ0) is 18.7. The molecule has 0 radical (unpaired) electrons. The van der Waals surface area contributed by atoms with Gasteiger partial charge in [-0.05, 0) is 33.7 Å². The summed E-state index contributed by atoms with van der Waals surface area (Å²) in [7, 11) is -2.91. The van der Waals surface area contributed by atoms with Crippen LogP contribution < -0.4 is 15.9 Å². The average molecular weight is 376 g/mol. The molecule has 132 valence electrons. The van der Waals surface area contributed by atoms with Gasteiger partial charge in [0.05, 0.1) is 0 Å². The molecule has 28 heavy (non-hydrogen) atoms. The van der Waals surface area contributed by atoms with E-state index in [0.29, 0.717) is 0 Å². The Morgan fingerprint density at radius 2 is 0.929 bits per heavy atom. The molecule has 1 aliphatic heterocycles. The first-order chi connectivity index (χ1) is 13.8. The lowest BCUT2D eigenvalue weighted by Crippen LogP contribution is -2.20. The van der Waals surface area contributed by atoms with E-state index >= 15 is 0 Å². The summed E-state index contributed by atoms with van der Waals surface area (Å²) in [5, 5.41) is 7.54. The SMILES string of the molecule is O=P1(c2ccccc2)c2ccc3ccccc3c2-c2c1ccc1ccccc21. The third-order valence-corrected chi connectivity index (χ3v) is 8.99. The fraction of sp³-hybridized carbons (Fsp3) is 0. The standard InChI is InChI=1S/C26H17OP/c27-28(20-10-2-1-3-11-20)23-16-14-18-8-4-6-12-21(18)25(23)26-22-13-7-5-9-19(22)15-17-24(26)28/h1-17H. The number of rotatable bonds is 1. The van der Waals surface area contributed by atoms with E-state index in [0.717, 1.165) is 27.0 Å². The molecule has 1 aliphatic rings. The van der Waals surface area contributed by atoms with Crippen molar-refractivity contribution in [3.05, 3.63) is 103 Å². The lowest BCUT2D eigenvalue weighted by atomic mass is 9.94. The largest absolute Gasteiger partial charge is 0.309 e. The summed E-state index contributed by atoms with van der Waals surface area (Å²) >= 11 is 0. The molecule has 5 aromatic carbocycles. The zero-order valence-electron chi connectivity index (χ0n) is 15.2. The topological polar surface area (TPSA) is 17.1 Å². The minimum atomic E-state index is -2.91. The van der Waals surface area contributed by atoms with Gasteiger partial charge in [0.2, 0.25) is 0 Å². The molecule has 1 nitrogen and oxygen atoms in total. The average Bonchev–Trinajstić information content (AvgIpc) is 3.05. The van der Waals surface area contributed by atoms with Crippen molar-refractivity contribution in [1.82, 2.24) is 0 Å². The quantitative estimate of drug-likeness (QED) is 0.341. The molecule has 0 amide bonds. The van der Waals surface area contributed by atoms with Crippen LogP contribution in [-0.2, 0) is 4.57 Å². The van der Waals surface area contributed by atoms with E-state index in [9.17, 15) is 4.57 Å². The molecule has 5 aromatic rings. The van der Waals surface area contributed by atoms with Gasteiger partial charge in [0.1, 0.15) is 0 Å². The third kappa shape index (κ3) is 1.95. The maximum absolute atomic E-state index is 14.7. The highest BCUT2D eigenvalue weighted by Gasteiger charge is 2.41. The van der Waals surface area contributed by atoms with Crippen molar-refractivity contribution in [3.63, 3.8) is 0 Å². The minimum Gasteiger partial charge on any atom is -0.309 e. The predicted octanol–water partition coefficient (Wildman–Crippen LogP) is 5.61. The minimum absolute atomic E-state index is 0.903. The van der Waals surface area contributed by atoms with Crippen LogP contribution in [-0.4, -0.2) is 0 Å². The molecule has 0 saturated heterocycles. The van der Waals surface area contributed by atoms with Crippen molar-refractivity contribution >= 4 is 44.6 Å². The Bertz CT molecular complexity index is 1340. The van der Waals surface area contributed by atoms with Crippen LogP contribution in [0.1, 0.15) is 0 Å². The summed E-state index contributed by atoms with van der Waals surface area (Å²) < 4.78 is 14.7. The van der Waals surface area contributed by atoms with Gasteiger partial charge in [0.15, 0.2) is 7.14 Å². The van der Waals surface area contributed by atoms with Crippen molar-refractivity contribution < 1.29 is 4.57 Å². The zero-order valence-corrected chi connectivity index (χ0v) is 16.1. The van der Waals surface area contributed by atoms with Crippen molar-refractivity contribution in [3.8, 4) is 11.1 Å². The van der Waals surface area contributed by atoms with Crippen LogP contribution >= 0.6 is 7.14 Å². The fourth-order valence-corrected chi connectivity index (χ4v) is 7.69. The molecule has 1 heterocycles. The second kappa shape index (κ2) is 5.67. The van der Waals surface area contributed by atoms with E-state index < -0.39 is 7.14 Å². The van der Waals surface area contributed by atoms with Crippen molar-refractivity contribution in [1.29, 1.82) is 0 Å². The van der Waals surface area contributed by atoms with Crippen LogP contribution in [0.25, 0.3) is 32.7 Å². The van der Waals surface area contributed by atoms with E-state index in [1.165, 1.54) is 21.5 Å². The van der Waals surface area contributed by atoms with Gasteiger partial charge in [-0.1, -0.05) is 91.0 Å². The Morgan fingerprint density at radius 3 is 1.46 bits per heavy atom. The van der Waals surface area contributed by atoms with Crippen LogP contribution in [0.2, 0.25) is 0 Å². The van der Waals surface area contributed by atoms with Crippen LogP contribution in [0.3, 0.4) is 0 Å². The Hall–Kier alpha value is -3.15. The van der Waals surface area contributed by atoms with Crippen LogP contribution in [0.5, 0.6) is 0 Å². The highest BCUT2D eigenvalue weighted by Crippen LogP contribution is 2.55. The molecule has 0 spiro atoms. The maximum Gasteiger partial charge on any atom is 0.172 e. The lowest BCUT2D eigenvalue weighted by Gasteiger charge is -2.16. The monoisotopic (exact) mass is 376 g/mol. The van der Waals surface area contributed by atoms with Gasteiger partial charge in [0, 0.05) is 27.0 Å². The molecule has 0 atom stereocenters. The predicted molar refractivity (Wildman–Crippen MR) is 120 cm³/mol. The number of hydrogen-bond donors (Lipinski definition) is 0. The molecule has 0 saturated carbocycles. The van der Waals surface area contributed by atoms with Gasteiger partial charge < -0.3 is 4.57 Å². The molecule has 0 N–H and O–H groups in total. The molecule has 2 heteroatoms. The van der Waals surface area contributed by atoms with Gasteiger partial charge in [-0.2, -0.15) is 0 Å². The Labute approximate surface area is 163 Å². The van der Waals surface area contributed by atoms with Gasteiger partial charge in [-0.3, -0.25) is 0 Å². The fourth-order valence-electron chi connectivity index (χ4n) is 4.62. The van der Waals surface area contributed by atoms with E-state index in [4.69, 9.17) is 0 Å². The van der Waals surface area contributed by atoms with E-state index in [1.807, 2.05) is 30.3 Å². The molecule has 0 bridgehead atoms. The third-order valence-electron chi connectivity index (χ3n) is 5.86. The van der Waals surface area contributed by atoms with Crippen molar-refractivity contribution in [2.75, 3.05) is 0 Å². The van der Waals surface area contributed by atoms with Crippen LogP contribution in [0, 0.1) is 0 Å². The number of hydrogen-bond acceptors (Lipinski definition) is 1. The van der Waals surface area contributed by atoms with Crippen molar-refractivity contribution in [2.24, 2.45) is 0 Å². The Balaban J connectivity index is 1.87. The van der Waals surface area contributed by atoms with Crippen molar-refractivity contribution in [2.45, 2.75) is 0 Å². The second-order valence-corrected chi connectivity index (χ2v) is 10.0.